The molecule has 0 saturated heterocycles. The Balaban J connectivity index is 2.42. The van der Waals surface area contributed by atoms with Crippen molar-refractivity contribution in [2.75, 3.05) is 12.4 Å². The number of para-hydroxylation sites is 1. The number of sulfone groups is 1. The van der Waals surface area contributed by atoms with E-state index < -0.39 is 21.1 Å². The molecule has 19 heavy (non-hydrogen) atoms. The molecule has 5 nitrogen and oxygen atoms in total. The van der Waals surface area contributed by atoms with E-state index in [0.717, 1.165) is 0 Å². The van der Waals surface area contributed by atoms with Crippen LogP contribution in [0.4, 0.5) is 0 Å². The van der Waals surface area contributed by atoms with Crippen LogP contribution in [0.2, 0.25) is 0 Å². The lowest BCUT2D eigenvalue weighted by molar-refractivity contribution is -0.136. The van der Waals surface area contributed by atoms with Crippen molar-refractivity contribution in [3.8, 4) is 5.75 Å². The van der Waals surface area contributed by atoms with Crippen molar-refractivity contribution in [3.05, 3.63) is 30.3 Å². The van der Waals surface area contributed by atoms with Gasteiger partial charge in [-0.05, 0) is 25.0 Å². The van der Waals surface area contributed by atoms with E-state index >= 15 is 0 Å². The topological polar surface area (TPSA) is 80.7 Å². The van der Waals surface area contributed by atoms with E-state index in [1.807, 2.05) is 18.2 Å². The Bertz CT molecular complexity index is 495. The third kappa shape index (κ3) is 4.90. The first-order valence-corrected chi connectivity index (χ1v) is 7.81. The Hall–Kier alpha value is -1.56. The molecule has 0 aliphatic heterocycles. The minimum absolute atomic E-state index is 0.0806. The number of rotatable bonds is 8. The van der Waals surface area contributed by atoms with Crippen LogP contribution in [0.3, 0.4) is 0 Å². The van der Waals surface area contributed by atoms with Crippen molar-refractivity contribution in [3.63, 3.8) is 0 Å². The predicted molar refractivity (Wildman–Crippen MR) is 72.1 cm³/mol. The number of hydrogen-bond acceptors (Lipinski definition) is 4. The van der Waals surface area contributed by atoms with E-state index in [0.29, 0.717) is 5.75 Å². The maximum Gasteiger partial charge on any atom is 0.321 e. The van der Waals surface area contributed by atoms with Crippen LogP contribution in [0.5, 0.6) is 5.75 Å². The van der Waals surface area contributed by atoms with Gasteiger partial charge in [0.05, 0.1) is 12.4 Å². The lowest BCUT2D eigenvalue weighted by atomic mass is 10.3. The molecule has 0 aliphatic rings. The van der Waals surface area contributed by atoms with Crippen LogP contribution in [0.1, 0.15) is 19.8 Å². The zero-order chi connectivity index (χ0) is 14.3. The molecule has 1 N–H and O–H groups in total. The van der Waals surface area contributed by atoms with Crippen LogP contribution >= 0.6 is 0 Å². The van der Waals surface area contributed by atoms with Gasteiger partial charge in [-0.25, -0.2) is 8.42 Å². The quantitative estimate of drug-likeness (QED) is 0.736. The van der Waals surface area contributed by atoms with Gasteiger partial charge in [0.25, 0.3) is 0 Å². The molecule has 0 fully saturated rings. The van der Waals surface area contributed by atoms with Gasteiger partial charge in [-0.2, -0.15) is 0 Å². The number of aliphatic carboxylic acids is 1. The molecule has 0 spiro atoms. The largest absolute Gasteiger partial charge is 0.494 e. The summed E-state index contributed by atoms with van der Waals surface area (Å²) in [5, 5.41) is 7.52. The Labute approximate surface area is 113 Å². The van der Waals surface area contributed by atoms with E-state index in [1.165, 1.54) is 0 Å². The number of carboxylic acid groups (broad SMARTS) is 1. The smallest absolute Gasteiger partial charge is 0.321 e. The zero-order valence-electron chi connectivity index (χ0n) is 10.8. The van der Waals surface area contributed by atoms with Crippen LogP contribution in [0.25, 0.3) is 0 Å². The minimum atomic E-state index is -3.61. The van der Waals surface area contributed by atoms with Gasteiger partial charge in [-0.3, -0.25) is 4.79 Å². The lowest BCUT2D eigenvalue weighted by Crippen LogP contribution is -2.31. The van der Waals surface area contributed by atoms with Gasteiger partial charge in [0.2, 0.25) is 0 Å². The van der Waals surface area contributed by atoms with Crippen molar-refractivity contribution < 1.29 is 23.1 Å². The first kappa shape index (κ1) is 15.5. The number of carboxylic acids is 1. The van der Waals surface area contributed by atoms with Crippen LogP contribution in [-0.4, -0.2) is 37.1 Å². The van der Waals surface area contributed by atoms with Crippen LogP contribution in [0.15, 0.2) is 30.3 Å². The number of hydrogen-bond donors (Lipinski definition) is 1. The van der Waals surface area contributed by atoms with E-state index in [-0.39, 0.29) is 25.2 Å². The standard InChI is InChI=1S/C13H18O5S/c1-2-12(13(14)15)19(16,17)10-6-9-18-11-7-4-3-5-8-11/h3-5,7-8,12H,2,6,9-10H2,1H3,(H,14,15). The second-order valence-electron chi connectivity index (χ2n) is 4.12. The van der Waals surface area contributed by atoms with Crippen LogP contribution in [-0.2, 0) is 14.6 Å². The number of ether oxygens (including phenoxy) is 1. The molecule has 0 aromatic heterocycles. The summed E-state index contributed by atoms with van der Waals surface area (Å²) < 4.78 is 28.9. The van der Waals surface area contributed by atoms with Gasteiger partial charge in [0.15, 0.2) is 15.1 Å². The zero-order valence-corrected chi connectivity index (χ0v) is 11.6. The lowest BCUT2D eigenvalue weighted by Gasteiger charge is -2.11. The summed E-state index contributed by atoms with van der Waals surface area (Å²) in [7, 11) is -3.61. The fourth-order valence-corrected chi connectivity index (χ4v) is 3.31. The Kier molecular flexibility index (Phi) is 5.82. The molecule has 1 atom stereocenters. The molecule has 1 rings (SSSR count). The third-order valence-corrected chi connectivity index (χ3v) is 4.92. The summed E-state index contributed by atoms with van der Waals surface area (Å²) in [4.78, 5) is 10.8. The Morgan fingerprint density at radius 2 is 1.95 bits per heavy atom. The van der Waals surface area contributed by atoms with Gasteiger partial charge in [-0.1, -0.05) is 25.1 Å². The van der Waals surface area contributed by atoms with Gasteiger partial charge < -0.3 is 9.84 Å². The minimum Gasteiger partial charge on any atom is -0.494 e. The first-order valence-electron chi connectivity index (χ1n) is 6.09. The molecular formula is C13H18O5S. The number of carbonyl (C=O) groups is 1. The van der Waals surface area contributed by atoms with Crippen molar-refractivity contribution in [1.82, 2.24) is 0 Å². The fourth-order valence-electron chi connectivity index (χ4n) is 1.69. The summed E-state index contributed by atoms with van der Waals surface area (Å²) in [6.45, 7) is 1.80. The van der Waals surface area contributed by atoms with Gasteiger partial charge in [0.1, 0.15) is 5.75 Å². The molecule has 0 saturated carbocycles. The molecule has 0 amide bonds. The Morgan fingerprint density at radius 1 is 1.32 bits per heavy atom. The molecule has 1 unspecified atom stereocenters. The summed E-state index contributed by atoms with van der Waals surface area (Å²) in [5.41, 5.74) is 0. The first-order chi connectivity index (χ1) is 8.97. The van der Waals surface area contributed by atoms with E-state index in [2.05, 4.69) is 0 Å². The maximum absolute atomic E-state index is 11.8. The molecule has 0 heterocycles. The summed E-state index contributed by atoms with van der Waals surface area (Å²) in [5.74, 6) is -0.790. The van der Waals surface area contributed by atoms with Crippen LogP contribution in [0, 0.1) is 0 Å². The van der Waals surface area contributed by atoms with E-state index in [9.17, 15) is 13.2 Å². The molecule has 0 bridgehead atoms. The third-order valence-electron chi connectivity index (χ3n) is 2.66. The number of benzene rings is 1. The molecule has 1 aromatic carbocycles. The molecule has 1 aromatic rings. The van der Waals surface area contributed by atoms with Crippen molar-refractivity contribution in [2.45, 2.75) is 25.0 Å². The average Bonchev–Trinajstić information content (AvgIpc) is 2.36. The SMILES string of the molecule is CCC(C(=O)O)S(=O)(=O)CCCOc1ccccc1. The molecule has 0 radical (unpaired) electrons. The normalized spacial score (nSPS) is 12.9. The monoisotopic (exact) mass is 286 g/mol. The summed E-state index contributed by atoms with van der Waals surface area (Å²) in [6, 6.07) is 9.06. The Morgan fingerprint density at radius 3 is 2.47 bits per heavy atom. The summed E-state index contributed by atoms with van der Waals surface area (Å²) >= 11 is 0. The average molecular weight is 286 g/mol. The van der Waals surface area contributed by atoms with E-state index in [1.54, 1.807) is 19.1 Å². The highest BCUT2D eigenvalue weighted by molar-refractivity contribution is 7.92. The molecule has 0 aliphatic carbocycles. The van der Waals surface area contributed by atoms with Crippen molar-refractivity contribution in [1.29, 1.82) is 0 Å². The summed E-state index contributed by atoms with van der Waals surface area (Å²) in [6.07, 6.45) is 0.359. The second kappa shape index (κ2) is 7.13. The molecule has 6 heteroatoms. The van der Waals surface area contributed by atoms with Gasteiger partial charge in [-0.15, -0.1) is 0 Å². The highest BCUT2D eigenvalue weighted by Gasteiger charge is 2.29. The van der Waals surface area contributed by atoms with Crippen LogP contribution < -0.4 is 4.74 Å². The van der Waals surface area contributed by atoms with Crippen molar-refractivity contribution in [2.24, 2.45) is 0 Å². The fraction of sp³-hybridized carbons (Fsp3) is 0.462. The van der Waals surface area contributed by atoms with Gasteiger partial charge >= 0.3 is 5.97 Å². The molecular weight excluding hydrogens is 268 g/mol. The highest BCUT2D eigenvalue weighted by atomic mass is 32.2. The second-order valence-corrected chi connectivity index (χ2v) is 6.42. The van der Waals surface area contributed by atoms with Gasteiger partial charge in [0, 0.05) is 0 Å². The molecule has 106 valence electrons. The van der Waals surface area contributed by atoms with E-state index in [4.69, 9.17) is 9.84 Å². The maximum atomic E-state index is 11.8. The highest BCUT2D eigenvalue weighted by Crippen LogP contribution is 2.11. The predicted octanol–water partition coefficient (Wildman–Crippen LogP) is 1.73. The van der Waals surface area contributed by atoms with Crippen molar-refractivity contribution >= 4 is 15.8 Å².